The minimum Gasteiger partial charge on any atom is -0.344 e. The lowest BCUT2D eigenvalue weighted by atomic mass is 10.2. The minimum atomic E-state index is -4.06. The molecule has 0 aliphatic heterocycles. The molecule has 2 unspecified atom stereocenters. The summed E-state index contributed by atoms with van der Waals surface area (Å²) < 4.78 is 21.6. The fourth-order valence-corrected chi connectivity index (χ4v) is 3.74. The first-order valence-electron chi connectivity index (χ1n) is 3.98. The van der Waals surface area contributed by atoms with Crippen LogP contribution in [0.4, 0.5) is 0 Å². The van der Waals surface area contributed by atoms with Crippen LogP contribution < -0.4 is 0 Å². The Labute approximate surface area is 77.8 Å². The molecule has 0 aliphatic carbocycles. The van der Waals surface area contributed by atoms with E-state index in [9.17, 15) is 9.13 Å². The van der Waals surface area contributed by atoms with Crippen molar-refractivity contribution < 1.29 is 23.8 Å². The van der Waals surface area contributed by atoms with Gasteiger partial charge in [0.05, 0.1) is 6.16 Å². The Kier molecular flexibility index (Phi) is 4.84. The molecular weight excluding hydrogens is 214 g/mol. The summed E-state index contributed by atoms with van der Waals surface area (Å²) in [6.07, 6.45) is 0.181. The normalized spacial score (nSPS) is 19.5. The van der Waals surface area contributed by atoms with Gasteiger partial charge in [-0.05, 0) is 5.92 Å². The van der Waals surface area contributed by atoms with Crippen LogP contribution in [0.1, 0.15) is 13.3 Å². The highest BCUT2D eigenvalue weighted by atomic mass is 31.2. The van der Waals surface area contributed by atoms with Crippen LogP contribution >= 0.6 is 15.0 Å². The molecule has 0 fully saturated rings. The van der Waals surface area contributed by atoms with Crippen molar-refractivity contribution >= 4 is 15.0 Å². The smallest absolute Gasteiger partial charge is 0.325 e. The van der Waals surface area contributed by atoms with Gasteiger partial charge in [0.2, 0.25) is 0 Å². The molecule has 0 aliphatic rings. The van der Waals surface area contributed by atoms with Crippen molar-refractivity contribution in [3.05, 3.63) is 0 Å². The molecule has 7 heteroatoms. The Morgan fingerprint density at radius 1 is 1.15 bits per heavy atom. The highest BCUT2D eigenvalue weighted by molar-refractivity contribution is 7.57. The van der Waals surface area contributed by atoms with Gasteiger partial charge in [0.1, 0.15) is 0 Å². The average Bonchev–Trinajstić information content (AvgIpc) is 1.79. The predicted octanol–water partition coefficient (Wildman–Crippen LogP) is 1.09. The summed E-state index contributed by atoms with van der Waals surface area (Å²) in [5.74, 6) is -0.373. The number of rotatable bonds is 5. The van der Waals surface area contributed by atoms with E-state index in [1.54, 1.807) is 6.92 Å². The summed E-state index contributed by atoms with van der Waals surface area (Å²) in [7, 11) is -7.22. The second kappa shape index (κ2) is 4.72. The lowest BCUT2D eigenvalue weighted by Gasteiger charge is -2.16. The molecular formula is C6H16O5P2. The summed E-state index contributed by atoms with van der Waals surface area (Å²) in [4.78, 5) is 26.3. The van der Waals surface area contributed by atoms with Gasteiger partial charge in [0.25, 0.3) is 0 Å². The van der Waals surface area contributed by atoms with Gasteiger partial charge in [0.15, 0.2) is 7.37 Å². The molecule has 0 rings (SSSR count). The molecule has 13 heavy (non-hydrogen) atoms. The van der Waals surface area contributed by atoms with Crippen LogP contribution in [0.5, 0.6) is 0 Å². The second-order valence-corrected chi connectivity index (χ2v) is 7.52. The topological polar surface area (TPSA) is 94.8 Å². The zero-order chi connectivity index (χ0) is 10.7. The van der Waals surface area contributed by atoms with E-state index in [4.69, 9.17) is 14.7 Å². The first kappa shape index (κ1) is 13.3. The molecule has 0 aromatic heterocycles. The van der Waals surface area contributed by atoms with Crippen LogP contribution in [-0.4, -0.2) is 33.7 Å². The van der Waals surface area contributed by atoms with Crippen LogP contribution in [0, 0.1) is 5.92 Å². The zero-order valence-corrected chi connectivity index (χ0v) is 9.54. The SMILES string of the molecule is CCC(CP(C)(=O)O)CP(=O)(O)O. The van der Waals surface area contributed by atoms with Crippen LogP contribution in [0.2, 0.25) is 0 Å². The van der Waals surface area contributed by atoms with Gasteiger partial charge < -0.3 is 14.7 Å². The standard InChI is InChI=1S/C6H16O5P2/c1-3-6(4-12(2,7)8)5-13(9,10)11/h6H,3-5H2,1-2H3,(H,7,8)(H2,9,10,11). The summed E-state index contributed by atoms with van der Waals surface area (Å²) in [6.45, 7) is 2.95. The molecule has 0 saturated carbocycles. The lowest BCUT2D eigenvalue weighted by Crippen LogP contribution is -2.10. The van der Waals surface area contributed by atoms with Crippen molar-refractivity contribution in [1.29, 1.82) is 0 Å². The maximum atomic E-state index is 11.0. The zero-order valence-electron chi connectivity index (χ0n) is 7.75. The van der Waals surface area contributed by atoms with Crippen LogP contribution in [0.25, 0.3) is 0 Å². The molecule has 0 saturated heterocycles. The Morgan fingerprint density at radius 3 is 1.85 bits per heavy atom. The highest BCUT2D eigenvalue weighted by Gasteiger charge is 2.25. The van der Waals surface area contributed by atoms with Gasteiger partial charge in [0, 0.05) is 12.8 Å². The van der Waals surface area contributed by atoms with Crippen molar-refractivity contribution in [2.45, 2.75) is 13.3 Å². The Bertz CT molecular complexity index is 215. The third-order valence-electron chi connectivity index (χ3n) is 1.67. The van der Waals surface area contributed by atoms with Gasteiger partial charge in [-0.1, -0.05) is 13.3 Å². The maximum Gasteiger partial charge on any atom is 0.325 e. The van der Waals surface area contributed by atoms with Gasteiger partial charge in [-0.3, -0.25) is 9.13 Å². The molecule has 0 amide bonds. The molecule has 0 bridgehead atoms. The molecule has 0 aromatic carbocycles. The molecule has 0 heterocycles. The van der Waals surface area contributed by atoms with Crippen LogP contribution in [0.15, 0.2) is 0 Å². The predicted molar refractivity (Wildman–Crippen MR) is 51.3 cm³/mol. The third kappa shape index (κ3) is 8.66. The van der Waals surface area contributed by atoms with E-state index in [-0.39, 0.29) is 18.2 Å². The van der Waals surface area contributed by atoms with E-state index in [2.05, 4.69) is 0 Å². The van der Waals surface area contributed by atoms with E-state index >= 15 is 0 Å². The average molecular weight is 230 g/mol. The first-order valence-corrected chi connectivity index (χ1v) is 8.07. The van der Waals surface area contributed by atoms with E-state index in [1.807, 2.05) is 0 Å². The van der Waals surface area contributed by atoms with Crippen molar-refractivity contribution in [2.75, 3.05) is 19.0 Å². The Morgan fingerprint density at radius 2 is 1.62 bits per heavy atom. The molecule has 0 radical (unpaired) electrons. The summed E-state index contributed by atoms with van der Waals surface area (Å²) in [5.41, 5.74) is 0. The Balaban J connectivity index is 4.22. The lowest BCUT2D eigenvalue weighted by molar-refractivity contribution is 0.362. The van der Waals surface area contributed by atoms with Crippen LogP contribution in [0.3, 0.4) is 0 Å². The van der Waals surface area contributed by atoms with E-state index in [0.29, 0.717) is 6.42 Å². The number of hydrogen-bond acceptors (Lipinski definition) is 2. The summed E-state index contributed by atoms with van der Waals surface area (Å²) in [5, 5.41) is 0. The third-order valence-corrected chi connectivity index (χ3v) is 3.86. The quantitative estimate of drug-likeness (QED) is 0.614. The number of hydrogen-bond donors (Lipinski definition) is 3. The molecule has 0 spiro atoms. The largest absolute Gasteiger partial charge is 0.344 e. The van der Waals surface area contributed by atoms with E-state index in [0.717, 1.165) is 0 Å². The Hall–Kier alpha value is 0.340. The fourth-order valence-electron chi connectivity index (χ4n) is 1.13. The van der Waals surface area contributed by atoms with Crippen molar-refractivity contribution in [3.63, 3.8) is 0 Å². The van der Waals surface area contributed by atoms with Gasteiger partial charge in [-0.2, -0.15) is 0 Å². The minimum absolute atomic E-state index is 0.0192. The monoisotopic (exact) mass is 230 g/mol. The summed E-state index contributed by atoms with van der Waals surface area (Å²) in [6, 6.07) is 0. The molecule has 3 N–H and O–H groups in total. The highest BCUT2D eigenvalue weighted by Crippen LogP contribution is 2.44. The first-order chi connectivity index (χ1) is 5.64. The second-order valence-electron chi connectivity index (χ2n) is 3.36. The van der Waals surface area contributed by atoms with Gasteiger partial charge in [-0.15, -0.1) is 0 Å². The van der Waals surface area contributed by atoms with Crippen molar-refractivity contribution in [2.24, 2.45) is 5.92 Å². The fraction of sp³-hybridized carbons (Fsp3) is 1.00. The van der Waals surface area contributed by atoms with Gasteiger partial charge in [-0.25, -0.2) is 0 Å². The maximum absolute atomic E-state index is 11.0. The van der Waals surface area contributed by atoms with Crippen molar-refractivity contribution in [3.8, 4) is 0 Å². The van der Waals surface area contributed by atoms with E-state index in [1.165, 1.54) is 6.66 Å². The molecule has 0 aromatic rings. The van der Waals surface area contributed by atoms with E-state index < -0.39 is 15.0 Å². The van der Waals surface area contributed by atoms with Gasteiger partial charge >= 0.3 is 7.60 Å². The van der Waals surface area contributed by atoms with Crippen LogP contribution in [-0.2, 0) is 9.13 Å². The summed E-state index contributed by atoms with van der Waals surface area (Å²) >= 11 is 0. The molecule has 5 nitrogen and oxygen atoms in total. The molecule has 80 valence electrons. The molecule has 2 atom stereocenters. The van der Waals surface area contributed by atoms with Crippen molar-refractivity contribution in [1.82, 2.24) is 0 Å².